The third-order valence-electron chi connectivity index (χ3n) is 3.71. The zero-order valence-electron chi connectivity index (χ0n) is 14.5. The van der Waals surface area contributed by atoms with Gasteiger partial charge in [-0.05, 0) is 43.3 Å². The molecule has 3 rings (SSSR count). The number of halogens is 1. The topological polar surface area (TPSA) is 109 Å². The van der Waals surface area contributed by atoms with E-state index in [1.807, 2.05) is 12.1 Å². The summed E-state index contributed by atoms with van der Waals surface area (Å²) in [6.45, 7) is 3.00. The Labute approximate surface area is 162 Å². The van der Waals surface area contributed by atoms with Crippen LogP contribution in [0, 0.1) is 6.92 Å². The number of aromatic amines is 1. The summed E-state index contributed by atoms with van der Waals surface area (Å²) in [5.74, 6) is -0.348. The van der Waals surface area contributed by atoms with Crippen molar-refractivity contribution in [3.63, 3.8) is 0 Å². The van der Waals surface area contributed by atoms with Crippen LogP contribution in [0.2, 0.25) is 0 Å². The van der Waals surface area contributed by atoms with Crippen molar-refractivity contribution in [2.45, 2.75) is 13.8 Å². The number of carbonyl (C=O) groups is 2. The van der Waals surface area contributed by atoms with Gasteiger partial charge in [0.15, 0.2) is 5.82 Å². The average Bonchev–Trinajstić information content (AvgIpc) is 2.91. The van der Waals surface area contributed by atoms with Crippen LogP contribution in [0.25, 0.3) is 5.82 Å². The van der Waals surface area contributed by atoms with Crippen LogP contribution in [-0.4, -0.2) is 26.6 Å². The van der Waals surface area contributed by atoms with Crippen LogP contribution in [0.5, 0.6) is 0 Å². The summed E-state index contributed by atoms with van der Waals surface area (Å²) < 4.78 is 2.12. The standard InChI is InChI=1S/C18H16BrN5O3/c1-10-16(21-11(2)25)18(27)24(23-10)15-8-3-12(9-20-15)17(26)22-14-6-4-13(19)5-7-14/h3-9,23H,1-2H3,(H,21,25)(H,22,26). The van der Waals surface area contributed by atoms with Gasteiger partial charge in [0.1, 0.15) is 5.69 Å². The van der Waals surface area contributed by atoms with E-state index in [0.717, 1.165) is 4.47 Å². The fraction of sp³-hybridized carbons (Fsp3) is 0.111. The number of rotatable bonds is 4. The highest BCUT2D eigenvalue weighted by Crippen LogP contribution is 2.15. The minimum atomic E-state index is -0.428. The van der Waals surface area contributed by atoms with Gasteiger partial charge in [0.2, 0.25) is 5.91 Å². The fourth-order valence-corrected chi connectivity index (χ4v) is 2.68. The summed E-state index contributed by atoms with van der Waals surface area (Å²) in [4.78, 5) is 40.1. The van der Waals surface area contributed by atoms with E-state index in [9.17, 15) is 14.4 Å². The molecule has 0 aliphatic heterocycles. The SMILES string of the molecule is CC(=O)Nc1c(C)[nH]n(-c2ccc(C(=O)Nc3ccc(Br)cc3)cn2)c1=O. The molecule has 0 saturated carbocycles. The molecule has 9 heteroatoms. The number of amides is 2. The van der Waals surface area contributed by atoms with Crippen molar-refractivity contribution >= 4 is 39.1 Å². The predicted octanol–water partition coefficient (Wildman–Crippen LogP) is 2.84. The van der Waals surface area contributed by atoms with Crippen LogP contribution in [0.3, 0.4) is 0 Å². The van der Waals surface area contributed by atoms with Gasteiger partial charge in [0.05, 0.1) is 11.3 Å². The Bertz CT molecular complexity index is 1050. The van der Waals surface area contributed by atoms with Crippen molar-refractivity contribution in [1.82, 2.24) is 14.8 Å². The molecule has 0 bridgehead atoms. The monoisotopic (exact) mass is 429 g/mol. The Morgan fingerprint density at radius 3 is 2.41 bits per heavy atom. The Kier molecular flexibility index (Phi) is 5.22. The summed E-state index contributed by atoms with van der Waals surface area (Å²) in [6, 6.07) is 10.3. The summed E-state index contributed by atoms with van der Waals surface area (Å²) in [6.07, 6.45) is 1.38. The molecule has 0 fully saturated rings. The van der Waals surface area contributed by atoms with Crippen molar-refractivity contribution in [1.29, 1.82) is 0 Å². The molecule has 3 aromatic rings. The van der Waals surface area contributed by atoms with Gasteiger partial charge in [-0.2, -0.15) is 4.68 Å². The van der Waals surface area contributed by atoms with Gasteiger partial charge in [0.25, 0.3) is 11.5 Å². The van der Waals surface area contributed by atoms with Gasteiger partial charge in [-0.25, -0.2) is 4.98 Å². The van der Waals surface area contributed by atoms with Crippen molar-refractivity contribution in [2.75, 3.05) is 10.6 Å². The van der Waals surface area contributed by atoms with Crippen molar-refractivity contribution in [3.05, 3.63) is 68.7 Å². The molecule has 138 valence electrons. The molecule has 0 radical (unpaired) electrons. The second-order valence-corrected chi connectivity index (χ2v) is 6.72. The van der Waals surface area contributed by atoms with Crippen LogP contribution in [0.4, 0.5) is 11.4 Å². The number of nitrogens with one attached hydrogen (secondary N) is 3. The lowest BCUT2D eigenvalue weighted by molar-refractivity contribution is -0.114. The Morgan fingerprint density at radius 2 is 1.81 bits per heavy atom. The second kappa shape index (κ2) is 7.58. The highest BCUT2D eigenvalue weighted by atomic mass is 79.9. The highest BCUT2D eigenvalue weighted by molar-refractivity contribution is 9.10. The van der Waals surface area contributed by atoms with Gasteiger partial charge >= 0.3 is 0 Å². The molecule has 2 heterocycles. The number of anilines is 2. The van der Waals surface area contributed by atoms with Gasteiger partial charge in [-0.3, -0.25) is 19.5 Å². The Hall–Kier alpha value is -3.20. The zero-order chi connectivity index (χ0) is 19.6. The van der Waals surface area contributed by atoms with Crippen molar-refractivity contribution < 1.29 is 9.59 Å². The molecule has 2 aromatic heterocycles. The first-order chi connectivity index (χ1) is 12.8. The molecule has 2 amide bonds. The summed E-state index contributed by atoms with van der Waals surface area (Å²) in [5, 5.41) is 8.11. The number of aryl methyl sites for hydroxylation is 1. The van der Waals surface area contributed by atoms with Gasteiger partial charge in [-0.15, -0.1) is 0 Å². The molecule has 0 aliphatic rings. The molecule has 1 aromatic carbocycles. The molecule has 27 heavy (non-hydrogen) atoms. The molecular formula is C18H16BrN5O3. The van der Waals surface area contributed by atoms with Crippen molar-refractivity contribution in [2.24, 2.45) is 0 Å². The van der Waals surface area contributed by atoms with Gasteiger partial charge in [-0.1, -0.05) is 15.9 Å². The molecule has 0 atom stereocenters. The number of carbonyl (C=O) groups excluding carboxylic acids is 2. The molecule has 0 unspecified atom stereocenters. The molecule has 8 nitrogen and oxygen atoms in total. The number of aromatic nitrogens is 3. The molecule has 0 saturated heterocycles. The van der Waals surface area contributed by atoms with E-state index in [2.05, 4.69) is 36.6 Å². The summed E-state index contributed by atoms with van der Waals surface area (Å²) in [5.41, 5.74) is 1.25. The number of pyridine rings is 1. The maximum atomic E-state index is 12.4. The van der Waals surface area contributed by atoms with E-state index >= 15 is 0 Å². The van der Waals surface area contributed by atoms with E-state index in [1.165, 1.54) is 17.8 Å². The third kappa shape index (κ3) is 4.14. The van der Waals surface area contributed by atoms with Crippen LogP contribution >= 0.6 is 15.9 Å². The minimum Gasteiger partial charge on any atom is -0.322 e. The average molecular weight is 430 g/mol. The first-order valence-electron chi connectivity index (χ1n) is 7.97. The smallest absolute Gasteiger partial charge is 0.296 e. The zero-order valence-corrected chi connectivity index (χ0v) is 16.1. The first kappa shape index (κ1) is 18.6. The van der Waals surface area contributed by atoms with Crippen molar-refractivity contribution in [3.8, 4) is 5.82 Å². The maximum Gasteiger partial charge on any atom is 0.296 e. The van der Waals surface area contributed by atoms with Crippen LogP contribution < -0.4 is 16.2 Å². The second-order valence-electron chi connectivity index (χ2n) is 5.80. The largest absolute Gasteiger partial charge is 0.322 e. The summed E-state index contributed by atoms with van der Waals surface area (Å²) >= 11 is 3.34. The highest BCUT2D eigenvalue weighted by Gasteiger charge is 2.15. The first-order valence-corrected chi connectivity index (χ1v) is 8.77. The van der Waals surface area contributed by atoms with Crippen LogP contribution in [-0.2, 0) is 4.79 Å². The number of H-pyrrole nitrogens is 1. The van der Waals surface area contributed by atoms with Gasteiger partial charge < -0.3 is 10.6 Å². The summed E-state index contributed by atoms with van der Waals surface area (Å²) in [7, 11) is 0. The van der Waals surface area contributed by atoms with E-state index in [1.54, 1.807) is 31.2 Å². The van der Waals surface area contributed by atoms with Crippen LogP contribution in [0.1, 0.15) is 23.0 Å². The van der Waals surface area contributed by atoms with E-state index in [0.29, 0.717) is 22.8 Å². The Morgan fingerprint density at radius 1 is 1.11 bits per heavy atom. The van der Waals surface area contributed by atoms with Crippen LogP contribution in [0.15, 0.2) is 51.9 Å². The number of hydrogen-bond acceptors (Lipinski definition) is 4. The molecule has 3 N–H and O–H groups in total. The van der Waals surface area contributed by atoms with E-state index < -0.39 is 5.56 Å². The predicted molar refractivity (Wildman–Crippen MR) is 105 cm³/mol. The number of benzene rings is 1. The lowest BCUT2D eigenvalue weighted by Gasteiger charge is -2.06. The maximum absolute atomic E-state index is 12.4. The molecule has 0 aliphatic carbocycles. The Balaban J connectivity index is 1.81. The lowest BCUT2D eigenvalue weighted by atomic mass is 10.2. The molecular weight excluding hydrogens is 414 g/mol. The third-order valence-corrected chi connectivity index (χ3v) is 4.24. The normalized spacial score (nSPS) is 10.5. The number of hydrogen-bond donors (Lipinski definition) is 3. The molecule has 0 spiro atoms. The van der Waals surface area contributed by atoms with Gasteiger partial charge in [0, 0.05) is 23.3 Å². The van der Waals surface area contributed by atoms with E-state index in [4.69, 9.17) is 0 Å². The lowest BCUT2D eigenvalue weighted by Crippen LogP contribution is -2.20. The quantitative estimate of drug-likeness (QED) is 0.592. The minimum absolute atomic E-state index is 0.168. The van der Waals surface area contributed by atoms with E-state index in [-0.39, 0.29) is 17.5 Å². The fourth-order valence-electron chi connectivity index (χ4n) is 2.42. The number of nitrogens with zero attached hydrogens (tertiary/aromatic N) is 2.